The first-order chi connectivity index (χ1) is 9.39. The summed E-state index contributed by atoms with van der Waals surface area (Å²) in [6, 6.07) is 12.8. The van der Waals surface area contributed by atoms with E-state index in [1.54, 1.807) is 24.3 Å². The number of hydrogen-bond acceptors (Lipinski definition) is 2. The van der Waals surface area contributed by atoms with Gasteiger partial charge in [-0.05, 0) is 41.8 Å². The van der Waals surface area contributed by atoms with Gasteiger partial charge in [0.1, 0.15) is 5.75 Å². The first kappa shape index (κ1) is 13.9. The van der Waals surface area contributed by atoms with Gasteiger partial charge in [-0.2, -0.15) is 5.26 Å². The van der Waals surface area contributed by atoms with Crippen molar-refractivity contribution in [3.05, 3.63) is 53.6 Å². The van der Waals surface area contributed by atoms with Gasteiger partial charge in [-0.15, -0.1) is 13.2 Å². The van der Waals surface area contributed by atoms with Gasteiger partial charge >= 0.3 is 6.36 Å². The van der Waals surface area contributed by atoms with Crippen LogP contribution in [-0.4, -0.2) is 6.36 Å². The molecular weight excluding hydrogens is 267 g/mol. The number of aryl methyl sites for hydroxylation is 1. The maximum absolute atomic E-state index is 12.2. The summed E-state index contributed by atoms with van der Waals surface area (Å²) in [6.45, 7) is 1.84. The van der Waals surface area contributed by atoms with Gasteiger partial charge in [0.2, 0.25) is 0 Å². The normalized spacial score (nSPS) is 10.9. The summed E-state index contributed by atoms with van der Waals surface area (Å²) < 4.78 is 40.5. The highest BCUT2D eigenvalue weighted by molar-refractivity contribution is 5.72. The summed E-state index contributed by atoms with van der Waals surface area (Å²) in [5, 5.41) is 9.10. The number of nitrogens with zero attached hydrogens (tertiary/aromatic N) is 1. The molecule has 0 N–H and O–H groups in total. The smallest absolute Gasteiger partial charge is 0.406 e. The van der Waals surface area contributed by atoms with E-state index in [1.165, 1.54) is 18.2 Å². The molecule has 0 amide bonds. The third kappa shape index (κ3) is 3.29. The minimum absolute atomic E-state index is 0.306. The van der Waals surface area contributed by atoms with Crippen molar-refractivity contribution in [1.82, 2.24) is 0 Å². The Kier molecular flexibility index (Phi) is 3.66. The standard InChI is InChI=1S/C15H10F3NO/c1-10-5-6-14(12(7-10)9-19)11-3-2-4-13(8-11)20-15(16,17)18/h2-8H,1H3. The number of benzene rings is 2. The fourth-order valence-corrected chi connectivity index (χ4v) is 1.86. The van der Waals surface area contributed by atoms with Gasteiger partial charge in [-0.1, -0.05) is 24.3 Å². The van der Waals surface area contributed by atoms with Crippen molar-refractivity contribution >= 4 is 0 Å². The number of rotatable bonds is 2. The minimum atomic E-state index is -4.73. The number of halogens is 3. The predicted octanol–water partition coefficient (Wildman–Crippen LogP) is 4.43. The third-order valence-corrected chi connectivity index (χ3v) is 2.67. The van der Waals surface area contributed by atoms with Crippen LogP contribution in [0.25, 0.3) is 11.1 Å². The van der Waals surface area contributed by atoms with Crippen molar-refractivity contribution in [2.24, 2.45) is 0 Å². The van der Waals surface area contributed by atoms with Gasteiger partial charge < -0.3 is 4.74 Å². The van der Waals surface area contributed by atoms with Crippen LogP contribution in [0.1, 0.15) is 11.1 Å². The van der Waals surface area contributed by atoms with Crippen LogP contribution in [0, 0.1) is 18.3 Å². The zero-order valence-electron chi connectivity index (χ0n) is 10.5. The molecule has 0 heterocycles. The van der Waals surface area contributed by atoms with Crippen molar-refractivity contribution in [1.29, 1.82) is 5.26 Å². The Hall–Kier alpha value is -2.48. The lowest BCUT2D eigenvalue weighted by atomic mass is 9.98. The second-order valence-electron chi connectivity index (χ2n) is 4.24. The SMILES string of the molecule is Cc1ccc(-c2cccc(OC(F)(F)F)c2)c(C#N)c1. The van der Waals surface area contributed by atoms with E-state index in [2.05, 4.69) is 4.74 Å². The largest absolute Gasteiger partial charge is 0.573 e. The van der Waals surface area contributed by atoms with Crippen LogP contribution < -0.4 is 4.74 Å². The summed E-state index contributed by atoms with van der Waals surface area (Å²) in [7, 11) is 0. The molecule has 0 aromatic heterocycles. The van der Waals surface area contributed by atoms with Crippen molar-refractivity contribution in [2.45, 2.75) is 13.3 Å². The molecule has 0 aliphatic heterocycles. The average molecular weight is 277 g/mol. The lowest BCUT2D eigenvalue weighted by Gasteiger charge is -2.11. The lowest BCUT2D eigenvalue weighted by Crippen LogP contribution is -2.17. The van der Waals surface area contributed by atoms with E-state index >= 15 is 0 Å². The Bertz CT molecular complexity index is 672. The van der Waals surface area contributed by atoms with Crippen LogP contribution in [0.4, 0.5) is 13.2 Å². The highest BCUT2D eigenvalue weighted by atomic mass is 19.4. The fraction of sp³-hybridized carbons (Fsp3) is 0.133. The molecule has 0 atom stereocenters. The molecule has 0 radical (unpaired) electrons. The quantitative estimate of drug-likeness (QED) is 0.813. The average Bonchev–Trinajstić information content (AvgIpc) is 2.36. The third-order valence-electron chi connectivity index (χ3n) is 2.67. The van der Waals surface area contributed by atoms with Crippen LogP contribution in [0.5, 0.6) is 5.75 Å². The molecule has 20 heavy (non-hydrogen) atoms. The monoisotopic (exact) mass is 277 g/mol. The van der Waals surface area contributed by atoms with Gasteiger partial charge in [0.25, 0.3) is 0 Å². The van der Waals surface area contributed by atoms with Crippen molar-refractivity contribution in [3.8, 4) is 22.9 Å². The van der Waals surface area contributed by atoms with E-state index in [0.717, 1.165) is 5.56 Å². The molecular formula is C15H10F3NO. The molecule has 0 fully saturated rings. The highest BCUT2D eigenvalue weighted by Crippen LogP contribution is 2.30. The zero-order valence-corrected chi connectivity index (χ0v) is 10.5. The van der Waals surface area contributed by atoms with E-state index in [0.29, 0.717) is 16.7 Å². The van der Waals surface area contributed by atoms with Crippen LogP contribution in [0.3, 0.4) is 0 Å². The molecule has 0 aliphatic rings. The molecule has 2 aromatic rings. The van der Waals surface area contributed by atoms with Gasteiger partial charge in [-0.3, -0.25) is 0 Å². The van der Waals surface area contributed by atoms with Crippen molar-refractivity contribution < 1.29 is 17.9 Å². The van der Waals surface area contributed by atoms with Crippen LogP contribution in [-0.2, 0) is 0 Å². The fourth-order valence-electron chi connectivity index (χ4n) is 1.86. The van der Waals surface area contributed by atoms with Crippen LogP contribution >= 0.6 is 0 Å². The topological polar surface area (TPSA) is 33.0 Å². The van der Waals surface area contributed by atoms with E-state index in [4.69, 9.17) is 5.26 Å². The molecule has 0 aliphatic carbocycles. The second-order valence-corrected chi connectivity index (χ2v) is 4.24. The van der Waals surface area contributed by atoms with Gasteiger partial charge in [0.15, 0.2) is 0 Å². The molecule has 0 unspecified atom stereocenters. The Morgan fingerprint density at radius 3 is 2.50 bits per heavy atom. The molecule has 2 nitrogen and oxygen atoms in total. The lowest BCUT2D eigenvalue weighted by molar-refractivity contribution is -0.274. The first-order valence-electron chi connectivity index (χ1n) is 5.76. The number of hydrogen-bond donors (Lipinski definition) is 0. The highest BCUT2D eigenvalue weighted by Gasteiger charge is 2.31. The van der Waals surface area contributed by atoms with Crippen molar-refractivity contribution in [3.63, 3.8) is 0 Å². The predicted molar refractivity (Wildman–Crippen MR) is 68.0 cm³/mol. The van der Waals surface area contributed by atoms with Gasteiger partial charge in [0, 0.05) is 0 Å². The molecule has 102 valence electrons. The molecule has 0 saturated carbocycles. The van der Waals surface area contributed by atoms with Crippen LogP contribution in [0.2, 0.25) is 0 Å². The van der Waals surface area contributed by atoms with E-state index in [-0.39, 0.29) is 5.75 Å². The summed E-state index contributed by atoms with van der Waals surface area (Å²) in [4.78, 5) is 0. The molecule has 2 rings (SSSR count). The van der Waals surface area contributed by atoms with E-state index in [9.17, 15) is 13.2 Å². The molecule has 0 saturated heterocycles. The Morgan fingerprint density at radius 2 is 1.85 bits per heavy atom. The molecule has 0 spiro atoms. The maximum Gasteiger partial charge on any atom is 0.573 e. The second kappa shape index (κ2) is 5.25. The number of ether oxygens (including phenoxy) is 1. The molecule has 5 heteroatoms. The number of nitriles is 1. The summed E-state index contributed by atoms with van der Waals surface area (Å²) in [5.74, 6) is -0.306. The zero-order chi connectivity index (χ0) is 14.8. The van der Waals surface area contributed by atoms with E-state index in [1.807, 2.05) is 13.0 Å². The first-order valence-corrected chi connectivity index (χ1v) is 5.76. The van der Waals surface area contributed by atoms with Gasteiger partial charge in [-0.25, -0.2) is 0 Å². The molecule has 2 aromatic carbocycles. The van der Waals surface area contributed by atoms with Crippen molar-refractivity contribution in [2.75, 3.05) is 0 Å². The Labute approximate surface area is 114 Å². The number of alkyl halides is 3. The summed E-state index contributed by atoms with van der Waals surface area (Å²) in [5.41, 5.74) is 2.40. The summed E-state index contributed by atoms with van der Waals surface area (Å²) >= 11 is 0. The van der Waals surface area contributed by atoms with E-state index < -0.39 is 6.36 Å². The van der Waals surface area contributed by atoms with Gasteiger partial charge in [0.05, 0.1) is 11.6 Å². The maximum atomic E-state index is 12.2. The molecule has 0 bridgehead atoms. The minimum Gasteiger partial charge on any atom is -0.406 e. The van der Waals surface area contributed by atoms with Crippen LogP contribution in [0.15, 0.2) is 42.5 Å². The Balaban J connectivity index is 2.44. The summed E-state index contributed by atoms with van der Waals surface area (Å²) in [6.07, 6.45) is -4.73. The Morgan fingerprint density at radius 1 is 1.10 bits per heavy atom.